The summed E-state index contributed by atoms with van der Waals surface area (Å²) in [6, 6.07) is 3.62. The van der Waals surface area contributed by atoms with Gasteiger partial charge in [-0.3, -0.25) is 0 Å². The Morgan fingerprint density at radius 3 is 2.69 bits per heavy atom. The van der Waals surface area contributed by atoms with E-state index < -0.39 is 0 Å². The highest BCUT2D eigenvalue weighted by Crippen LogP contribution is 2.32. The Morgan fingerprint density at radius 2 is 2.12 bits per heavy atom. The van der Waals surface area contributed by atoms with E-state index >= 15 is 0 Å². The molecule has 1 aliphatic rings. The molecule has 0 heterocycles. The standard InChI is InChI=1S/C13H18ClNO/c1-9-6-11(14)7-10(12(9)16)8-15-13(2)4-3-5-13/h6-7,15-16H,3-5,8H2,1-2H3. The molecule has 0 aromatic heterocycles. The lowest BCUT2D eigenvalue weighted by molar-refractivity contribution is 0.206. The van der Waals surface area contributed by atoms with Crippen molar-refractivity contribution in [1.29, 1.82) is 0 Å². The van der Waals surface area contributed by atoms with Gasteiger partial charge in [-0.2, -0.15) is 0 Å². The van der Waals surface area contributed by atoms with Crippen molar-refractivity contribution in [2.75, 3.05) is 0 Å². The number of aryl methyl sites for hydroxylation is 1. The Morgan fingerprint density at radius 1 is 1.44 bits per heavy atom. The summed E-state index contributed by atoms with van der Waals surface area (Å²) in [4.78, 5) is 0. The van der Waals surface area contributed by atoms with Gasteiger partial charge in [-0.25, -0.2) is 0 Å². The Balaban J connectivity index is 2.09. The molecule has 0 amide bonds. The first kappa shape index (κ1) is 11.7. The van der Waals surface area contributed by atoms with Gasteiger partial charge in [0.15, 0.2) is 0 Å². The van der Waals surface area contributed by atoms with Gasteiger partial charge in [0.25, 0.3) is 0 Å². The molecule has 88 valence electrons. The normalized spacial score (nSPS) is 18.2. The van der Waals surface area contributed by atoms with Gasteiger partial charge in [-0.1, -0.05) is 11.6 Å². The minimum Gasteiger partial charge on any atom is -0.507 e. The van der Waals surface area contributed by atoms with Crippen LogP contribution in [0.2, 0.25) is 5.02 Å². The zero-order valence-corrected chi connectivity index (χ0v) is 10.6. The van der Waals surface area contributed by atoms with Crippen molar-refractivity contribution >= 4 is 11.6 Å². The highest BCUT2D eigenvalue weighted by molar-refractivity contribution is 6.30. The van der Waals surface area contributed by atoms with Gasteiger partial charge in [-0.05, 0) is 50.8 Å². The summed E-state index contributed by atoms with van der Waals surface area (Å²) >= 11 is 5.98. The van der Waals surface area contributed by atoms with Crippen LogP contribution in [0, 0.1) is 6.92 Å². The average molecular weight is 240 g/mol. The number of halogens is 1. The molecule has 16 heavy (non-hydrogen) atoms. The molecule has 1 aliphatic carbocycles. The zero-order valence-electron chi connectivity index (χ0n) is 9.81. The Kier molecular flexibility index (Phi) is 3.13. The number of aromatic hydroxyl groups is 1. The van der Waals surface area contributed by atoms with Gasteiger partial charge >= 0.3 is 0 Å². The number of hydrogen-bond acceptors (Lipinski definition) is 2. The van der Waals surface area contributed by atoms with Crippen molar-refractivity contribution in [3.63, 3.8) is 0 Å². The van der Waals surface area contributed by atoms with Gasteiger partial charge in [0, 0.05) is 22.7 Å². The van der Waals surface area contributed by atoms with Gasteiger partial charge in [-0.15, -0.1) is 0 Å². The van der Waals surface area contributed by atoms with Crippen LogP contribution in [0.3, 0.4) is 0 Å². The quantitative estimate of drug-likeness (QED) is 0.848. The van der Waals surface area contributed by atoms with Crippen molar-refractivity contribution in [2.24, 2.45) is 0 Å². The molecule has 2 N–H and O–H groups in total. The largest absolute Gasteiger partial charge is 0.507 e. The van der Waals surface area contributed by atoms with Crippen molar-refractivity contribution in [1.82, 2.24) is 5.32 Å². The van der Waals surface area contributed by atoms with Crippen LogP contribution in [0.5, 0.6) is 5.75 Å². The number of rotatable bonds is 3. The Labute approximate surface area is 102 Å². The molecule has 0 unspecified atom stereocenters. The molecular formula is C13H18ClNO. The fraction of sp³-hybridized carbons (Fsp3) is 0.538. The third kappa shape index (κ3) is 2.33. The number of benzene rings is 1. The Hall–Kier alpha value is -0.730. The van der Waals surface area contributed by atoms with E-state index in [4.69, 9.17) is 11.6 Å². The van der Waals surface area contributed by atoms with Crippen molar-refractivity contribution in [2.45, 2.75) is 45.2 Å². The van der Waals surface area contributed by atoms with Crippen LogP contribution >= 0.6 is 11.6 Å². The van der Waals surface area contributed by atoms with E-state index in [0.29, 0.717) is 17.3 Å². The van der Waals surface area contributed by atoms with Crippen LogP contribution < -0.4 is 5.32 Å². The van der Waals surface area contributed by atoms with Gasteiger partial charge in [0.05, 0.1) is 0 Å². The highest BCUT2D eigenvalue weighted by atomic mass is 35.5. The molecule has 1 fully saturated rings. The molecule has 0 saturated heterocycles. The minimum atomic E-state index is 0.253. The summed E-state index contributed by atoms with van der Waals surface area (Å²) < 4.78 is 0. The van der Waals surface area contributed by atoms with Crippen molar-refractivity contribution < 1.29 is 5.11 Å². The SMILES string of the molecule is Cc1cc(Cl)cc(CNC2(C)CCC2)c1O. The van der Waals surface area contributed by atoms with Crippen LogP contribution in [-0.2, 0) is 6.54 Å². The predicted molar refractivity (Wildman–Crippen MR) is 66.9 cm³/mol. The highest BCUT2D eigenvalue weighted by Gasteiger charge is 2.30. The summed E-state index contributed by atoms with van der Waals surface area (Å²) in [5, 5.41) is 14.1. The van der Waals surface area contributed by atoms with Crippen LogP contribution in [-0.4, -0.2) is 10.6 Å². The van der Waals surface area contributed by atoms with E-state index in [-0.39, 0.29) is 5.54 Å². The topological polar surface area (TPSA) is 32.3 Å². The van der Waals surface area contributed by atoms with E-state index in [1.54, 1.807) is 6.07 Å². The fourth-order valence-electron chi connectivity index (χ4n) is 2.13. The number of phenolic OH excluding ortho intramolecular Hbond substituents is 1. The number of hydrogen-bond donors (Lipinski definition) is 2. The molecule has 0 radical (unpaired) electrons. The fourth-order valence-corrected chi connectivity index (χ4v) is 2.43. The molecular weight excluding hydrogens is 222 g/mol. The third-order valence-corrected chi connectivity index (χ3v) is 3.73. The second-order valence-electron chi connectivity index (χ2n) is 5.00. The summed E-state index contributed by atoms with van der Waals surface area (Å²) in [5.41, 5.74) is 1.98. The maximum absolute atomic E-state index is 9.91. The van der Waals surface area contributed by atoms with Crippen LogP contribution in [0.4, 0.5) is 0 Å². The monoisotopic (exact) mass is 239 g/mol. The maximum Gasteiger partial charge on any atom is 0.123 e. The van der Waals surface area contributed by atoms with Crippen LogP contribution in [0.1, 0.15) is 37.3 Å². The van der Waals surface area contributed by atoms with E-state index in [1.807, 2.05) is 13.0 Å². The van der Waals surface area contributed by atoms with E-state index in [0.717, 1.165) is 11.1 Å². The summed E-state index contributed by atoms with van der Waals surface area (Å²) in [6.07, 6.45) is 3.73. The number of phenols is 1. The number of nitrogens with one attached hydrogen (secondary N) is 1. The lowest BCUT2D eigenvalue weighted by atomic mass is 9.78. The lowest BCUT2D eigenvalue weighted by Crippen LogP contribution is -2.47. The third-order valence-electron chi connectivity index (χ3n) is 3.51. The summed E-state index contributed by atoms with van der Waals surface area (Å²) in [7, 11) is 0. The summed E-state index contributed by atoms with van der Waals surface area (Å²) in [6.45, 7) is 4.78. The average Bonchev–Trinajstić information content (AvgIpc) is 2.18. The predicted octanol–water partition coefficient (Wildman–Crippen LogP) is 3.39. The maximum atomic E-state index is 9.91. The van der Waals surface area contributed by atoms with Crippen LogP contribution in [0.25, 0.3) is 0 Å². The van der Waals surface area contributed by atoms with Crippen LogP contribution in [0.15, 0.2) is 12.1 Å². The molecule has 1 saturated carbocycles. The molecule has 1 aromatic rings. The Bertz CT molecular complexity index is 399. The first-order chi connectivity index (χ1) is 7.50. The molecule has 0 bridgehead atoms. The molecule has 2 nitrogen and oxygen atoms in total. The molecule has 0 atom stereocenters. The lowest BCUT2D eigenvalue weighted by Gasteiger charge is -2.39. The second-order valence-corrected chi connectivity index (χ2v) is 5.43. The molecule has 2 rings (SSSR count). The molecule has 0 spiro atoms. The zero-order chi connectivity index (χ0) is 11.8. The molecule has 0 aliphatic heterocycles. The first-order valence-corrected chi connectivity index (χ1v) is 6.11. The van der Waals surface area contributed by atoms with Gasteiger partial charge in [0.2, 0.25) is 0 Å². The van der Waals surface area contributed by atoms with Crippen molar-refractivity contribution in [3.05, 3.63) is 28.3 Å². The minimum absolute atomic E-state index is 0.253. The van der Waals surface area contributed by atoms with E-state index in [2.05, 4.69) is 12.2 Å². The first-order valence-electron chi connectivity index (χ1n) is 5.73. The van der Waals surface area contributed by atoms with E-state index in [9.17, 15) is 5.11 Å². The molecule has 1 aromatic carbocycles. The summed E-state index contributed by atoms with van der Waals surface area (Å²) in [5.74, 6) is 0.361. The van der Waals surface area contributed by atoms with Gasteiger partial charge < -0.3 is 10.4 Å². The second kappa shape index (κ2) is 4.27. The molecule has 3 heteroatoms. The van der Waals surface area contributed by atoms with Gasteiger partial charge in [0.1, 0.15) is 5.75 Å². The van der Waals surface area contributed by atoms with E-state index in [1.165, 1.54) is 19.3 Å². The van der Waals surface area contributed by atoms with Crippen molar-refractivity contribution in [3.8, 4) is 5.75 Å². The smallest absolute Gasteiger partial charge is 0.123 e.